The van der Waals surface area contributed by atoms with Crippen molar-refractivity contribution in [2.75, 3.05) is 23.3 Å². The van der Waals surface area contributed by atoms with E-state index in [1.807, 2.05) is 4.90 Å². The molecule has 112 valence electrons. The first-order valence-electron chi connectivity index (χ1n) is 7.38. The van der Waals surface area contributed by atoms with Gasteiger partial charge in [0, 0.05) is 13.1 Å². The number of rotatable bonds is 2. The second-order valence-electron chi connectivity index (χ2n) is 6.28. The quantitative estimate of drug-likeness (QED) is 0.852. The molecule has 2 aliphatic heterocycles. The number of halogens is 1. The molecule has 1 N–H and O–H groups in total. The Labute approximate surface area is 123 Å². The number of ketones is 1. The SMILES string of the molecule is CCC1(C)CCN(c2cc3c(cc2F)C(=O)C(=O)N3)CC1. The Bertz CT molecular complexity index is 619. The van der Waals surface area contributed by atoms with E-state index in [4.69, 9.17) is 0 Å². The van der Waals surface area contributed by atoms with Gasteiger partial charge in [-0.15, -0.1) is 0 Å². The highest BCUT2D eigenvalue weighted by Gasteiger charge is 2.33. The van der Waals surface area contributed by atoms with Gasteiger partial charge in [-0.05, 0) is 30.4 Å². The first kappa shape index (κ1) is 14.0. The van der Waals surface area contributed by atoms with Gasteiger partial charge in [0.2, 0.25) is 0 Å². The van der Waals surface area contributed by atoms with Crippen LogP contribution in [0.5, 0.6) is 0 Å². The Morgan fingerprint density at radius 3 is 2.57 bits per heavy atom. The highest BCUT2D eigenvalue weighted by molar-refractivity contribution is 6.51. The fourth-order valence-corrected chi connectivity index (χ4v) is 3.04. The smallest absolute Gasteiger partial charge is 0.296 e. The molecule has 0 saturated carbocycles. The maximum atomic E-state index is 14.3. The van der Waals surface area contributed by atoms with E-state index in [-0.39, 0.29) is 5.56 Å². The lowest BCUT2D eigenvalue weighted by atomic mass is 9.78. The van der Waals surface area contributed by atoms with E-state index < -0.39 is 17.5 Å². The van der Waals surface area contributed by atoms with Gasteiger partial charge in [0.15, 0.2) is 0 Å². The molecule has 2 heterocycles. The fraction of sp³-hybridized carbons (Fsp3) is 0.500. The van der Waals surface area contributed by atoms with Crippen LogP contribution in [0, 0.1) is 11.2 Å². The van der Waals surface area contributed by atoms with E-state index in [9.17, 15) is 14.0 Å². The summed E-state index contributed by atoms with van der Waals surface area (Å²) in [5, 5.41) is 2.50. The highest BCUT2D eigenvalue weighted by atomic mass is 19.1. The Balaban J connectivity index is 1.87. The maximum absolute atomic E-state index is 14.3. The van der Waals surface area contributed by atoms with Crippen molar-refractivity contribution in [2.24, 2.45) is 5.41 Å². The minimum atomic E-state index is -0.682. The van der Waals surface area contributed by atoms with Crippen LogP contribution in [0.4, 0.5) is 15.8 Å². The molecule has 0 aliphatic carbocycles. The van der Waals surface area contributed by atoms with Crippen LogP contribution in [-0.4, -0.2) is 24.8 Å². The molecule has 21 heavy (non-hydrogen) atoms. The van der Waals surface area contributed by atoms with Crippen LogP contribution in [0.2, 0.25) is 0 Å². The van der Waals surface area contributed by atoms with E-state index in [0.29, 0.717) is 16.8 Å². The number of carbonyl (C=O) groups excluding carboxylic acids is 2. The molecule has 1 aromatic rings. The van der Waals surface area contributed by atoms with Crippen LogP contribution in [0.3, 0.4) is 0 Å². The number of amides is 1. The third-order valence-corrected chi connectivity index (χ3v) is 4.95. The largest absolute Gasteiger partial charge is 0.369 e. The summed E-state index contributed by atoms with van der Waals surface area (Å²) in [5.74, 6) is -1.77. The van der Waals surface area contributed by atoms with Crippen molar-refractivity contribution in [1.29, 1.82) is 0 Å². The maximum Gasteiger partial charge on any atom is 0.296 e. The Morgan fingerprint density at radius 2 is 1.95 bits per heavy atom. The normalized spacial score (nSPS) is 20.4. The van der Waals surface area contributed by atoms with Gasteiger partial charge in [0.25, 0.3) is 11.7 Å². The van der Waals surface area contributed by atoms with Crippen LogP contribution in [0.25, 0.3) is 0 Å². The molecule has 0 atom stereocenters. The lowest BCUT2D eigenvalue weighted by molar-refractivity contribution is -0.112. The Kier molecular flexibility index (Phi) is 3.23. The third-order valence-electron chi connectivity index (χ3n) is 4.95. The zero-order chi connectivity index (χ0) is 15.2. The zero-order valence-corrected chi connectivity index (χ0v) is 12.3. The van der Waals surface area contributed by atoms with Gasteiger partial charge in [-0.25, -0.2) is 4.39 Å². The van der Waals surface area contributed by atoms with Crippen molar-refractivity contribution >= 4 is 23.1 Å². The predicted octanol–water partition coefficient (Wildman–Crippen LogP) is 2.98. The number of hydrogen-bond acceptors (Lipinski definition) is 3. The fourth-order valence-electron chi connectivity index (χ4n) is 3.04. The number of piperidine rings is 1. The number of nitrogens with one attached hydrogen (secondary N) is 1. The van der Waals surface area contributed by atoms with Gasteiger partial charge in [0.05, 0.1) is 16.9 Å². The summed E-state index contributed by atoms with van der Waals surface area (Å²) in [5.41, 5.74) is 1.36. The monoisotopic (exact) mass is 290 g/mol. The first-order valence-corrected chi connectivity index (χ1v) is 7.38. The molecule has 0 unspecified atom stereocenters. The van der Waals surface area contributed by atoms with Gasteiger partial charge < -0.3 is 10.2 Å². The molecule has 1 aromatic carbocycles. The van der Waals surface area contributed by atoms with Gasteiger partial charge in [-0.1, -0.05) is 20.3 Å². The summed E-state index contributed by atoms with van der Waals surface area (Å²) in [6.07, 6.45) is 3.16. The van der Waals surface area contributed by atoms with Crippen molar-refractivity contribution < 1.29 is 14.0 Å². The molecule has 0 bridgehead atoms. The number of benzene rings is 1. The Hall–Kier alpha value is -1.91. The minimum absolute atomic E-state index is 0.136. The summed E-state index contributed by atoms with van der Waals surface area (Å²) >= 11 is 0. The van der Waals surface area contributed by atoms with Crippen LogP contribution < -0.4 is 10.2 Å². The minimum Gasteiger partial charge on any atom is -0.369 e. The lowest BCUT2D eigenvalue weighted by Gasteiger charge is -2.40. The van der Waals surface area contributed by atoms with Crippen LogP contribution in [0.1, 0.15) is 43.5 Å². The zero-order valence-electron chi connectivity index (χ0n) is 12.3. The lowest BCUT2D eigenvalue weighted by Crippen LogP contribution is -2.38. The molecule has 1 amide bonds. The molecule has 1 saturated heterocycles. The third kappa shape index (κ3) is 2.30. The number of anilines is 2. The van der Waals surface area contributed by atoms with E-state index in [0.717, 1.165) is 32.4 Å². The van der Waals surface area contributed by atoms with Crippen molar-refractivity contribution in [1.82, 2.24) is 0 Å². The average molecular weight is 290 g/mol. The predicted molar refractivity (Wildman–Crippen MR) is 79.2 cm³/mol. The molecule has 0 aromatic heterocycles. The van der Waals surface area contributed by atoms with Crippen molar-refractivity contribution in [3.63, 3.8) is 0 Å². The number of hydrogen-bond donors (Lipinski definition) is 1. The number of carbonyl (C=O) groups is 2. The van der Waals surface area contributed by atoms with E-state index in [2.05, 4.69) is 19.2 Å². The summed E-state index contributed by atoms with van der Waals surface area (Å²) in [4.78, 5) is 24.9. The van der Waals surface area contributed by atoms with Crippen LogP contribution >= 0.6 is 0 Å². The van der Waals surface area contributed by atoms with Crippen molar-refractivity contribution in [2.45, 2.75) is 33.1 Å². The van der Waals surface area contributed by atoms with E-state index in [1.54, 1.807) is 6.07 Å². The summed E-state index contributed by atoms with van der Waals surface area (Å²) in [6, 6.07) is 2.76. The molecule has 0 radical (unpaired) electrons. The number of fused-ring (bicyclic) bond motifs is 1. The van der Waals surface area contributed by atoms with Crippen LogP contribution in [-0.2, 0) is 4.79 Å². The molecular weight excluding hydrogens is 271 g/mol. The van der Waals surface area contributed by atoms with E-state index in [1.165, 1.54) is 6.07 Å². The van der Waals surface area contributed by atoms with Gasteiger partial charge >= 0.3 is 0 Å². The van der Waals surface area contributed by atoms with Gasteiger partial charge in [-0.2, -0.15) is 0 Å². The second-order valence-corrected chi connectivity index (χ2v) is 6.28. The molecule has 0 spiro atoms. The standard InChI is InChI=1S/C16H19FN2O2/c1-3-16(2)4-6-19(7-5-16)13-9-12-10(8-11(13)17)14(20)15(21)18-12/h8-9H,3-7H2,1-2H3,(H,18,20,21). The first-order chi connectivity index (χ1) is 9.93. The van der Waals surface area contributed by atoms with Crippen LogP contribution in [0.15, 0.2) is 12.1 Å². The molecule has 4 nitrogen and oxygen atoms in total. The summed E-state index contributed by atoms with van der Waals surface area (Å²) in [6.45, 7) is 6.04. The molecule has 5 heteroatoms. The molecule has 3 rings (SSSR count). The Morgan fingerprint density at radius 1 is 1.29 bits per heavy atom. The van der Waals surface area contributed by atoms with Gasteiger partial charge in [-0.3, -0.25) is 9.59 Å². The van der Waals surface area contributed by atoms with Crippen molar-refractivity contribution in [3.05, 3.63) is 23.5 Å². The number of Topliss-reactive ketones (excluding diaryl/α,β-unsaturated/α-hetero) is 1. The van der Waals surface area contributed by atoms with Crippen molar-refractivity contribution in [3.8, 4) is 0 Å². The summed E-state index contributed by atoms with van der Waals surface area (Å²) < 4.78 is 14.3. The summed E-state index contributed by atoms with van der Waals surface area (Å²) in [7, 11) is 0. The average Bonchev–Trinajstić information content (AvgIpc) is 2.75. The number of nitrogens with zero attached hydrogens (tertiary/aromatic N) is 1. The molecule has 1 fully saturated rings. The molecular formula is C16H19FN2O2. The molecule has 2 aliphatic rings. The van der Waals surface area contributed by atoms with E-state index >= 15 is 0 Å². The second kappa shape index (κ2) is 4.83. The van der Waals surface area contributed by atoms with Gasteiger partial charge in [0.1, 0.15) is 5.82 Å². The highest BCUT2D eigenvalue weighted by Crippen LogP contribution is 2.38. The topological polar surface area (TPSA) is 49.4 Å².